The van der Waals surface area contributed by atoms with E-state index in [4.69, 9.17) is 13.8 Å². The van der Waals surface area contributed by atoms with Crippen LogP contribution in [-0.4, -0.2) is 18.9 Å². The van der Waals surface area contributed by atoms with Crippen LogP contribution in [0.25, 0.3) is 138 Å². The van der Waals surface area contributed by atoms with Gasteiger partial charge >= 0.3 is 0 Å². The van der Waals surface area contributed by atoms with E-state index in [0.29, 0.717) is 13.1 Å². The van der Waals surface area contributed by atoms with Gasteiger partial charge in [-0.1, -0.05) is 257 Å². The zero-order valence-electron chi connectivity index (χ0n) is 57.4. The fraction of sp³-hybridized carbons (Fsp3) is 0.0619. The lowest BCUT2D eigenvalue weighted by Crippen LogP contribution is -2.44. The summed E-state index contributed by atoms with van der Waals surface area (Å²) in [5.41, 5.74) is 23.5. The maximum atomic E-state index is 7.86. The summed E-state index contributed by atoms with van der Waals surface area (Å²) in [4.78, 5) is 15.2. The third-order valence-corrected chi connectivity index (χ3v) is 22.1. The summed E-state index contributed by atoms with van der Waals surface area (Å²) in [7, 11) is 0. The molecule has 5 heterocycles. The minimum atomic E-state index is -0.00486. The van der Waals surface area contributed by atoms with Crippen molar-refractivity contribution >= 4 is 150 Å². The van der Waals surface area contributed by atoms with E-state index in [-0.39, 0.29) is 12.0 Å². The molecule has 1 atom stereocenters. The number of hydrogen-bond acceptors (Lipinski definition) is 7. The lowest BCUT2D eigenvalue weighted by molar-refractivity contribution is 0.657. The Morgan fingerprint density at radius 2 is 1.11 bits per heavy atom. The van der Waals surface area contributed by atoms with Gasteiger partial charge in [0.05, 0.1) is 36.0 Å². The van der Waals surface area contributed by atoms with Gasteiger partial charge in [-0.05, 0) is 150 Å². The molecule has 0 bridgehead atoms. The molecule has 1 unspecified atom stereocenters. The number of aliphatic imine (C=N–C) groups is 1. The molecule has 0 amide bonds. The highest BCUT2D eigenvalue weighted by Crippen LogP contribution is 2.58. The molecule has 0 fully saturated rings. The van der Waals surface area contributed by atoms with Gasteiger partial charge in [0.15, 0.2) is 0 Å². The number of allylic oxidation sites excluding steroid dienone is 2. The second-order valence-corrected chi connectivity index (χ2v) is 28.3. The molecular weight excluding hydrogens is 1270 g/mol. The van der Waals surface area contributed by atoms with Crippen molar-refractivity contribution in [1.29, 1.82) is 0 Å². The number of anilines is 7. The zero-order valence-corrected chi connectivity index (χ0v) is 57.4. The van der Waals surface area contributed by atoms with Crippen molar-refractivity contribution in [3.63, 3.8) is 0 Å². The summed E-state index contributed by atoms with van der Waals surface area (Å²) in [5.74, 6) is 0.0325. The molecular formula is C97H67N5O2. The minimum Gasteiger partial charge on any atom is -0.456 e. The first-order chi connectivity index (χ1) is 51.4. The lowest BCUT2D eigenvalue weighted by Gasteiger charge is -2.38. The fourth-order valence-corrected chi connectivity index (χ4v) is 17.3. The van der Waals surface area contributed by atoms with E-state index in [1.54, 1.807) is 0 Å². The Bertz CT molecular complexity index is 6670. The molecule has 0 spiro atoms. The van der Waals surface area contributed by atoms with E-state index in [2.05, 4.69) is 361 Å². The van der Waals surface area contributed by atoms with Gasteiger partial charge in [-0.3, -0.25) is 0 Å². The van der Waals surface area contributed by atoms with Crippen LogP contribution in [0.3, 0.4) is 0 Å². The third-order valence-electron chi connectivity index (χ3n) is 22.1. The molecule has 4 aliphatic rings. The van der Waals surface area contributed by atoms with Crippen molar-refractivity contribution < 1.29 is 8.83 Å². The summed E-state index contributed by atoms with van der Waals surface area (Å²) in [6.07, 6.45) is 15.4. The molecule has 17 aromatic rings. The van der Waals surface area contributed by atoms with Crippen LogP contribution in [0.2, 0.25) is 0 Å². The molecule has 7 nitrogen and oxygen atoms in total. The van der Waals surface area contributed by atoms with Gasteiger partial charge < -0.3 is 28.4 Å². The Morgan fingerprint density at radius 3 is 1.89 bits per heavy atom. The summed E-state index contributed by atoms with van der Waals surface area (Å²) in [6, 6.07) is 107. The number of benzene rings is 15. The van der Waals surface area contributed by atoms with Crippen molar-refractivity contribution in [3.05, 3.63) is 349 Å². The van der Waals surface area contributed by atoms with Gasteiger partial charge in [0, 0.05) is 107 Å². The molecule has 15 aromatic carbocycles. The van der Waals surface area contributed by atoms with Crippen LogP contribution in [0.15, 0.2) is 336 Å². The number of furan rings is 2. The molecule has 1 aliphatic carbocycles. The number of nitrogens with zero attached hydrogens (tertiary/aromatic N) is 5. The second kappa shape index (κ2) is 23.7. The van der Waals surface area contributed by atoms with Gasteiger partial charge in [-0.15, -0.1) is 0 Å². The smallest absolute Gasteiger partial charge is 0.144 e. The van der Waals surface area contributed by atoms with E-state index < -0.39 is 0 Å². The van der Waals surface area contributed by atoms with Gasteiger partial charge in [-0.2, -0.15) is 0 Å². The van der Waals surface area contributed by atoms with Crippen molar-refractivity contribution in [2.75, 3.05) is 26.1 Å². The number of fused-ring (bicyclic) bond motifs is 18. The lowest BCUT2D eigenvalue weighted by atomic mass is 9.85. The quantitative estimate of drug-likeness (QED) is 0.100. The number of rotatable bonds is 10. The zero-order chi connectivity index (χ0) is 68.7. The van der Waals surface area contributed by atoms with Gasteiger partial charge in [-0.25, -0.2) is 4.99 Å². The molecule has 0 N–H and O–H groups in total. The largest absolute Gasteiger partial charge is 0.456 e. The second-order valence-electron chi connectivity index (χ2n) is 28.3. The van der Waals surface area contributed by atoms with Crippen molar-refractivity contribution in [3.8, 4) is 33.4 Å². The minimum absolute atomic E-state index is 0.00486. The average Bonchev–Trinajstić information content (AvgIpc) is 1.38. The van der Waals surface area contributed by atoms with Crippen LogP contribution in [0.5, 0.6) is 0 Å². The molecule has 21 rings (SSSR count). The van der Waals surface area contributed by atoms with E-state index >= 15 is 0 Å². The first kappa shape index (κ1) is 59.6. The normalized spacial score (nSPS) is 14.7. The molecule has 3 aliphatic heterocycles. The highest BCUT2D eigenvalue weighted by atomic mass is 16.3. The molecule has 0 radical (unpaired) electrons. The van der Waals surface area contributed by atoms with Gasteiger partial charge in [0.1, 0.15) is 22.3 Å². The van der Waals surface area contributed by atoms with E-state index in [1.807, 2.05) is 6.20 Å². The molecule has 0 saturated heterocycles. The molecule has 2 aromatic heterocycles. The summed E-state index contributed by atoms with van der Waals surface area (Å²) >= 11 is 0. The van der Waals surface area contributed by atoms with Crippen LogP contribution < -0.4 is 30.0 Å². The third kappa shape index (κ3) is 9.33. The molecule has 0 saturated carbocycles. The SMILES string of the molecule is CC(C)c1cc2c(N3Cc4ccccc4-c4ccccc43)c(N3C=NC=C(c4ccccc4)C3)c3cc(-c4ccccc4)c4c5cc(N6C=c7ccccc7=C7C=CC=CC76)ccc5oc4c3c2c2c1oc1cc(N(c3ccc(-c4ccccc4)cc3)c3c4ccccc4cc4ccccc34)ccc12. The molecule has 492 valence electrons. The molecule has 7 heteroatoms. The van der Waals surface area contributed by atoms with Crippen LogP contribution >= 0.6 is 0 Å². The average molecular weight is 1330 g/mol. The van der Waals surface area contributed by atoms with Crippen molar-refractivity contribution in [2.45, 2.75) is 32.4 Å². The Hall–Kier alpha value is -13.2. The fourth-order valence-electron chi connectivity index (χ4n) is 17.3. The van der Waals surface area contributed by atoms with Crippen LogP contribution in [0, 0.1) is 0 Å². The Morgan fingerprint density at radius 1 is 0.452 bits per heavy atom. The van der Waals surface area contributed by atoms with Crippen molar-refractivity contribution in [2.24, 2.45) is 4.99 Å². The van der Waals surface area contributed by atoms with Crippen LogP contribution in [0.1, 0.15) is 36.5 Å². The van der Waals surface area contributed by atoms with Crippen molar-refractivity contribution in [1.82, 2.24) is 0 Å². The monoisotopic (exact) mass is 1330 g/mol. The predicted octanol–water partition coefficient (Wildman–Crippen LogP) is 24.1. The summed E-state index contributed by atoms with van der Waals surface area (Å²) in [6.45, 7) is 5.80. The van der Waals surface area contributed by atoms with E-state index in [9.17, 15) is 0 Å². The first-order valence-corrected chi connectivity index (χ1v) is 36.1. The standard InChI is InChI=1S/C97H67N5O2/c1-60(2)80-53-83-90(91-79-48-46-72(52-88(79)104-96(80)91)102(70-44-42-63(43-45-70)61-24-6-3-7-25-61)93-75-36-18-12-30-65(75)50-66-31-13-19-37-76(66)93)92-84(94(99-56-69(55-98-59-99)62-26-8-4-9-27-62)95(83)101-58-68-33-15-17-35-74(68)78-39-21-23-41-86(78)101)54-81(64-28-10-5-11-29-64)89-82-51-71(47-49-87(82)103-97(89)92)100-57-67-32-14-16-34-73(67)77-38-20-22-40-85(77)100/h3-55,57,59-60,85H,56,58H2,1-2H3. The highest BCUT2D eigenvalue weighted by Gasteiger charge is 2.36. The van der Waals surface area contributed by atoms with Gasteiger partial charge in [0.25, 0.3) is 0 Å². The van der Waals surface area contributed by atoms with Crippen LogP contribution in [0.4, 0.5) is 39.8 Å². The maximum absolute atomic E-state index is 7.86. The number of para-hydroxylation sites is 1. The summed E-state index contributed by atoms with van der Waals surface area (Å²) < 4.78 is 15.7. The highest BCUT2D eigenvalue weighted by molar-refractivity contribution is 6.40. The predicted molar refractivity (Wildman–Crippen MR) is 437 cm³/mol. The number of hydrogen-bond donors (Lipinski definition) is 0. The Balaban J connectivity index is 0.906. The van der Waals surface area contributed by atoms with E-state index in [0.717, 1.165) is 149 Å². The Labute approximate surface area is 601 Å². The molecule has 104 heavy (non-hydrogen) atoms. The van der Waals surface area contributed by atoms with Gasteiger partial charge in [0.2, 0.25) is 0 Å². The van der Waals surface area contributed by atoms with E-state index in [1.165, 1.54) is 49.0 Å². The first-order valence-electron chi connectivity index (χ1n) is 36.1. The summed E-state index contributed by atoms with van der Waals surface area (Å²) in [5, 5.41) is 15.4. The van der Waals surface area contributed by atoms with Crippen LogP contribution in [-0.2, 0) is 6.54 Å². The maximum Gasteiger partial charge on any atom is 0.144 e. The topological polar surface area (TPSA) is 51.6 Å². The Kier molecular flexibility index (Phi) is 13.6.